The highest BCUT2D eigenvalue weighted by Crippen LogP contribution is 2.43. The first-order valence-electron chi connectivity index (χ1n) is 29.6. The summed E-state index contributed by atoms with van der Waals surface area (Å²) in [6.45, 7) is 4.15. The van der Waals surface area contributed by atoms with Gasteiger partial charge in [0.15, 0.2) is 6.10 Å². The molecule has 0 spiro atoms. The summed E-state index contributed by atoms with van der Waals surface area (Å²) in [5, 5.41) is 0. The van der Waals surface area contributed by atoms with Crippen LogP contribution in [0.1, 0.15) is 232 Å². The summed E-state index contributed by atoms with van der Waals surface area (Å²) in [5.74, 6) is -0.847. The Labute approximate surface area is 455 Å². The van der Waals surface area contributed by atoms with Crippen LogP contribution in [0, 0.1) is 0 Å². The van der Waals surface area contributed by atoms with Crippen molar-refractivity contribution in [3.8, 4) is 0 Å². The van der Waals surface area contributed by atoms with Gasteiger partial charge in [-0.25, -0.2) is 4.57 Å². The van der Waals surface area contributed by atoms with E-state index in [2.05, 4.69) is 123 Å². The Kier molecular flexibility index (Phi) is 52.0. The summed E-state index contributed by atoms with van der Waals surface area (Å²) >= 11 is 0. The van der Waals surface area contributed by atoms with E-state index in [0.717, 1.165) is 89.9 Å². The second kappa shape index (κ2) is 54.5. The number of ether oxygens (including phenoxy) is 2. The first kappa shape index (κ1) is 70.7. The summed E-state index contributed by atoms with van der Waals surface area (Å²) in [7, 11) is 1.45. The summed E-state index contributed by atoms with van der Waals surface area (Å²) in [5.41, 5.74) is 0. The first-order chi connectivity index (χ1) is 36.0. The Morgan fingerprint density at radius 3 is 1.11 bits per heavy atom. The van der Waals surface area contributed by atoms with Gasteiger partial charge in [0.25, 0.3) is 0 Å². The van der Waals surface area contributed by atoms with Crippen molar-refractivity contribution in [2.75, 3.05) is 47.5 Å². The lowest BCUT2D eigenvalue weighted by molar-refractivity contribution is -0.870. The van der Waals surface area contributed by atoms with Crippen molar-refractivity contribution in [2.45, 2.75) is 238 Å². The molecule has 2 atom stereocenters. The minimum Gasteiger partial charge on any atom is -0.462 e. The number of allylic oxidation sites excluding steroid dienone is 18. The van der Waals surface area contributed by atoms with Crippen LogP contribution in [0.5, 0.6) is 0 Å². The summed E-state index contributed by atoms with van der Waals surface area (Å²) in [6.07, 6.45) is 76.1. The maximum Gasteiger partial charge on any atom is 0.472 e. The van der Waals surface area contributed by atoms with Crippen LogP contribution in [0.4, 0.5) is 0 Å². The average molecular weight is 1050 g/mol. The number of phosphoric acid groups is 1. The summed E-state index contributed by atoms with van der Waals surface area (Å²) in [6, 6.07) is 0. The highest BCUT2D eigenvalue weighted by molar-refractivity contribution is 7.47. The van der Waals surface area contributed by atoms with Gasteiger partial charge in [-0.3, -0.25) is 18.6 Å². The topological polar surface area (TPSA) is 108 Å². The number of unbranched alkanes of at least 4 members (excludes halogenated alkanes) is 21. The second-order valence-corrected chi connectivity index (χ2v) is 22.1. The summed E-state index contributed by atoms with van der Waals surface area (Å²) in [4.78, 5) is 35.6. The SMILES string of the molecule is CC/C=C\C/C=C\C/C=C\C/C=C\C/C=C\CCCCCCCCCCCCCCCCCCCCCC(=O)OC(COC(=O)CCCC/C=C\C/C=C\C/C=C\C/C=C\CC)COP(=O)(O)OCC[N+](C)(C)C. The van der Waals surface area contributed by atoms with E-state index in [9.17, 15) is 19.0 Å². The van der Waals surface area contributed by atoms with Gasteiger partial charge in [0.1, 0.15) is 19.8 Å². The lowest BCUT2D eigenvalue weighted by Gasteiger charge is -2.24. The number of nitrogens with zero attached hydrogens (tertiary/aromatic N) is 1. The van der Waals surface area contributed by atoms with E-state index in [-0.39, 0.29) is 26.1 Å². The molecule has 0 rings (SSSR count). The van der Waals surface area contributed by atoms with E-state index in [1.807, 2.05) is 21.1 Å². The molecule has 424 valence electrons. The molecule has 1 N–H and O–H groups in total. The number of hydrogen-bond acceptors (Lipinski definition) is 7. The Balaban J connectivity index is 4.05. The third-order valence-electron chi connectivity index (χ3n) is 12.3. The normalized spacial score (nSPS) is 14.1. The molecule has 0 saturated heterocycles. The molecule has 0 aliphatic heterocycles. The van der Waals surface area contributed by atoms with Gasteiger partial charge in [-0.2, -0.15) is 0 Å². The molecule has 0 heterocycles. The number of esters is 2. The van der Waals surface area contributed by atoms with Gasteiger partial charge >= 0.3 is 19.8 Å². The van der Waals surface area contributed by atoms with Gasteiger partial charge in [-0.1, -0.05) is 232 Å². The van der Waals surface area contributed by atoms with E-state index in [1.54, 1.807) is 0 Å². The number of carbonyl (C=O) groups is 2. The van der Waals surface area contributed by atoms with Crippen molar-refractivity contribution in [3.05, 3.63) is 109 Å². The van der Waals surface area contributed by atoms with Gasteiger partial charge in [-0.15, -0.1) is 0 Å². The molecule has 0 aromatic carbocycles. The van der Waals surface area contributed by atoms with Crippen LogP contribution < -0.4 is 0 Å². The fourth-order valence-electron chi connectivity index (χ4n) is 7.80. The van der Waals surface area contributed by atoms with Gasteiger partial charge in [0, 0.05) is 12.8 Å². The van der Waals surface area contributed by atoms with Crippen molar-refractivity contribution in [3.63, 3.8) is 0 Å². The molecular weight excluding hydrogens is 942 g/mol. The molecule has 74 heavy (non-hydrogen) atoms. The zero-order valence-corrected chi connectivity index (χ0v) is 48.9. The molecule has 0 radical (unpaired) electrons. The molecular formula is C64H111NO8P+. The third kappa shape index (κ3) is 57.9. The van der Waals surface area contributed by atoms with Crippen LogP contribution in [0.2, 0.25) is 0 Å². The maximum absolute atomic E-state index is 12.8. The predicted molar refractivity (Wildman–Crippen MR) is 316 cm³/mol. The number of rotatable bonds is 53. The van der Waals surface area contributed by atoms with Gasteiger partial charge in [-0.05, 0) is 96.3 Å². The van der Waals surface area contributed by atoms with E-state index >= 15 is 0 Å². The zero-order chi connectivity index (χ0) is 54.2. The first-order valence-corrected chi connectivity index (χ1v) is 31.1. The Morgan fingerprint density at radius 1 is 0.419 bits per heavy atom. The van der Waals surface area contributed by atoms with Crippen molar-refractivity contribution in [1.29, 1.82) is 0 Å². The molecule has 0 fully saturated rings. The monoisotopic (exact) mass is 1050 g/mol. The van der Waals surface area contributed by atoms with E-state index in [1.165, 1.54) is 103 Å². The number of quaternary nitrogens is 1. The molecule has 0 aliphatic carbocycles. The minimum atomic E-state index is -4.40. The molecule has 0 aromatic heterocycles. The fourth-order valence-corrected chi connectivity index (χ4v) is 8.54. The molecule has 0 aliphatic rings. The zero-order valence-electron chi connectivity index (χ0n) is 48.0. The molecule has 0 aromatic rings. The molecule has 0 bridgehead atoms. The van der Waals surface area contributed by atoms with Gasteiger partial charge < -0.3 is 18.9 Å². The molecule has 0 saturated carbocycles. The van der Waals surface area contributed by atoms with Crippen LogP contribution in [-0.2, 0) is 32.7 Å². The Morgan fingerprint density at radius 2 is 0.730 bits per heavy atom. The number of hydrogen-bond donors (Lipinski definition) is 1. The van der Waals surface area contributed by atoms with Crippen LogP contribution in [0.15, 0.2) is 109 Å². The molecule has 10 heteroatoms. The Bertz CT molecular complexity index is 1620. The van der Waals surface area contributed by atoms with Crippen molar-refractivity contribution in [2.24, 2.45) is 0 Å². The second-order valence-electron chi connectivity index (χ2n) is 20.6. The Hall–Kier alpha value is -3.33. The molecule has 2 unspecified atom stereocenters. The minimum absolute atomic E-state index is 0.0213. The molecule has 9 nitrogen and oxygen atoms in total. The van der Waals surface area contributed by atoms with Gasteiger partial charge in [0.05, 0.1) is 27.7 Å². The number of carbonyl (C=O) groups excluding carboxylic acids is 2. The largest absolute Gasteiger partial charge is 0.472 e. The molecule has 0 amide bonds. The van der Waals surface area contributed by atoms with Crippen LogP contribution in [-0.4, -0.2) is 74.9 Å². The van der Waals surface area contributed by atoms with Crippen LogP contribution in [0.3, 0.4) is 0 Å². The quantitative estimate of drug-likeness (QED) is 0.0211. The van der Waals surface area contributed by atoms with Crippen molar-refractivity contribution >= 4 is 19.8 Å². The average Bonchev–Trinajstić information content (AvgIpc) is 3.36. The fraction of sp³-hybridized carbons (Fsp3) is 0.688. The number of phosphoric ester groups is 1. The van der Waals surface area contributed by atoms with Crippen LogP contribution in [0.25, 0.3) is 0 Å². The van der Waals surface area contributed by atoms with E-state index < -0.39 is 32.5 Å². The lowest BCUT2D eigenvalue weighted by Crippen LogP contribution is -2.37. The highest BCUT2D eigenvalue weighted by atomic mass is 31.2. The maximum atomic E-state index is 12.8. The van der Waals surface area contributed by atoms with E-state index in [4.69, 9.17) is 18.5 Å². The summed E-state index contributed by atoms with van der Waals surface area (Å²) < 4.78 is 34.5. The van der Waals surface area contributed by atoms with Crippen molar-refractivity contribution < 1.29 is 42.1 Å². The lowest BCUT2D eigenvalue weighted by atomic mass is 10.0. The van der Waals surface area contributed by atoms with Crippen molar-refractivity contribution in [1.82, 2.24) is 0 Å². The van der Waals surface area contributed by atoms with Crippen LogP contribution >= 0.6 is 7.82 Å². The highest BCUT2D eigenvalue weighted by Gasteiger charge is 2.27. The smallest absolute Gasteiger partial charge is 0.462 e. The number of likely N-dealkylation sites (N-methyl/N-ethyl adjacent to an activating group) is 1. The standard InChI is InChI=1S/C64H110NO8P/c1-6-8-10-12-14-16-18-20-22-23-24-25-26-27-28-29-30-31-32-33-34-35-36-37-38-39-40-41-43-45-47-49-51-53-55-57-64(67)73-62(61-72-74(68,69)71-59-58-65(3,4)5)60-70-63(66)56-54-52-50-48-46-44-42-21-19-17-15-13-11-9-7-2/h8-11,14-17,20-22,24-25,27-28,42,46,48,62H,6-7,12-13,18-19,23,26,29-41,43-45,47,49-61H2,1-5H3/p+1/b10-8-,11-9-,16-14-,17-15-,22-20-,25-24-,28-27-,42-21-,48-46-. The van der Waals surface area contributed by atoms with Gasteiger partial charge in [0.2, 0.25) is 0 Å². The third-order valence-corrected chi connectivity index (χ3v) is 13.3. The predicted octanol–water partition coefficient (Wildman–Crippen LogP) is 18.6. The van der Waals surface area contributed by atoms with E-state index in [0.29, 0.717) is 23.9 Å².